The normalized spacial score (nSPS) is 14.9. The molecule has 9 heteroatoms. The molecule has 0 bridgehead atoms. The summed E-state index contributed by atoms with van der Waals surface area (Å²) in [5.74, 6) is 1.60. The number of nitrogens with one attached hydrogen (secondary N) is 1. The molecule has 29 heavy (non-hydrogen) atoms. The summed E-state index contributed by atoms with van der Waals surface area (Å²) in [4.78, 5) is 18.8. The van der Waals surface area contributed by atoms with Crippen LogP contribution in [0.4, 0.5) is 10.6 Å². The number of hydrogen-bond donors (Lipinski definition) is 1. The van der Waals surface area contributed by atoms with E-state index in [9.17, 15) is 4.79 Å². The minimum atomic E-state index is -0.407. The average molecular weight is 432 g/mol. The van der Waals surface area contributed by atoms with Gasteiger partial charge in [-0.3, -0.25) is 0 Å². The number of hydrogen-bond acceptors (Lipinski definition) is 7. The van der Waals surface area contributed by atoms with Gasteiger partial charge >= 0.3 is 6.09 Å². The minimum absolute atomic E-state index is 0.158. The highest BCUT2D eigenvalue weighted by molar-refractivity contribution is 7.03. The summed E-state index contributed by atoms with van der Waals surface area (Å²) < 4.78 is 8.86. The standard InChI is InChI=1S/C20H22ClN5O2S/c21-16-2-3-18-15(11-16)1-4-19(23-18)26-9-6-14(7-10-26)5-8-22-20(27)28-12-17-13-29-25-24-17/h1-4,11,13-14H,5-10,12H2,(H,22,27). The van der Waals surface area contributed by atoms with Crippen LogP contribution in [0.1, 0.15) is 25.0 Å². The smallest absolute Gasteiger partial charge is 0.407 e. The summed E-state index contributed by atoms with van der Waals surface area (Å²) in [6.45, 7) is 2.72. The van der Waals surface area contributed by atoms with Crippen LogP contribution in [0.15, 0.2) is 35.7 Å². The zero-order chi connectivity index (χ0) is 20.1. The molecule has 3 heterocycles. The topological polar surface area (TPSA) is 80.2 Å². The van der Waals surface area contributed by atoms with Gasteiger partial charge in [-0.05, 0) is 67.0 Å². The number of pyridine rings is 1. The van der Waals surface area contributed by atoms with Crippen LogP contribution in [0.3, 0.4) is 0 Å². The molecular formula is C20H22ClN5O2S. The lowest BCUT2D eigenvalue weighted by molar-refractivity contribution is 0.137. The first-order chi connectivity index (χ1) is 14.2. The van der Waals surface area contributed by atoms with Crippen molar-refractivity contribution >= 4 is 45.9 Å². The second-order valence-corrected chi connectivity index (χ2v) is 8.17. The Morgan fingerprint density at radius 2 is 2.14 bits per heavy atom. The van der Waals surface area contributed by atoms with Crippen molar-refractivity contribution in [2.24, 2.45) is 5.92 Å². The number of carbonyl (C=O) groups is 1. The van der Waals surface area contributed by atoms with E-state index in [1.165, 1.54) is 11.5 Å². The van der Waals surface area contributed by atoms with Crippen LogP contribution in [0.2, 0.25) is 5.02 Å². The third-order valence-electron chi connectivity index (χ3n) is 5.15. The van der Waals surface area contributed by atoms with Gasteiger partial charge in [0.2, 0.25) is 0 Å². The zero-order valence-electron chi connectivity index (χ0n) is 15.9. The number of nitrogens with zero attached hydrogens (tertiary/aromatic N) is 4. The third-order valence-corrected chi connectivity index (χ3v) is 5.94. The van der Waals surface area contributed by atoms with Crippen LogP contribution in [0, 0.1) is 5.92 Å². The van der Waals surface area contributed by atoms with Crippen molar-refractivity contribution in [1.82, 2.24) is 19.9 Å². The predicted molar refractivity (Wildman–Crippen MR) is 114 cm³/mol. The van der Waals surface area contributed by atoms with Crippen LogP contribution < -0.4 is 10.2 Å². The predicted octanol–water partition coefficient (Wildman–Crippen LogP) is 4.27. The van der Waals surface area contributed by atoms with E-state index in [0.29, 0.717) is 18.2 Å². The van der Waals surface area contributed by atoms with Gasteiger partial charge in [-0.1, -0.05) is 16.1 Å². The van der Waals surface area contributed by atoms with Gasteiger partial charge in [0.25, 0.3) is 0 Å². The highest BCUT2D eigenvalue weighted by Gasteiger charge is 2.20. The first kappa shape index (κ1) is 19.8. The first-order valence-electron chi connectivity index (χ1n) is 9.65. The second kappa shape index (κ2) is 9.37. The number of aromatic nitrogens is 3. The van der Waals surface area contributed by atoms with Crippen LogP contribution in [0.25, 0.3) is 10.9 Å². The molecule has 0 radical (unpaired) electrons. The fraction of sp³-hybridized carbons (Fsp3) is 0.400. The number of anilines is 1. The largest absolute Gasteiger partial charge is 0.443 e. The second-order valence-electron chi connectivity index (χ2n) is 7.12. The van der Waals surface area contributed by atoms with Crippen molar-refractivity contribution < 1.29 is 9.53 Å². The van der Waals surface area contributed by atoms with E-state index >= 15 is 0 Å². The number of halogens is 1. The number of amides is 1. The van der Waals surface area contributed by atoms with Gasteiger partial charge in [0.15, 0.2) is 0 Å². The van der Waals surface area contributed by atoms with Crippen LogP contribution in [-0.2, 0) is 11.3 Å². The van der Waals surface area contributed by atoms with E-state index in [1.54, 1.807) is 5.38 Å². The average Bonchev–Trinajstić information content (AvgIpc) is 3.26. The Kier molecular flexibility index (Phi) is 6.41. The first-order valence-corrected chi connectivity index (χ1v) is 10.9. The number of ether oxygens (including phenoxy) is 1. The SMILES string of the molecule is O=C(NCCC1CCN(c2ccc3cc(Cl)ccc3n2)CC1)OCc1csnn1. The Balaban J connectivity index is 1.19. The van der Waals surface area contributed by atoms with Gasteiger partial charge < -0.3 is 15.0 Å². The summed E-state index contributed by atoms with van der Waals surface area (Å²) in [5, 5.41) is 10.2. The Labute approximate surface area is 178 Å². The fourth-order valence-electron chi connectivity index (χ4n) is 3.53. The van der Waals surface area contributed by atoms with Crippen LogP contribution in [-0.4, -0.2) is 40.3 Å². The van der Waals surface area contributed by atoms with Gasteiger partial charge in [0.05, 0.1) is 5.52 Å². The monoisotopic (exact) mass is 431 g/mol. The molecule has 2 aromatic heterocycles. The summed E-state index contributed by atoms with van der Waals surface area (Å²) in [6, 6.07) is 9.91. The molecule has 7 nitrogen and oxygen atoms in total. The highest BCUT2D eigenvalue weighted by Crippen LogP contribution is 2.26. The summed E-state index contributed by atoms with van der Waals surface area (Å²) in [5.41, 5.74) is 1.63. The third kappa shape index (κ3) is 5.33. The molecule has 1 amide bonds. The molecule has 1 aromatic carbocycles. The molecule has 1 aliphatic rings. The fourth-order valence-corrected chi connectivity index (χ4v) is 4.14. The molecule has 3 aromatic rings. The van der Waals surface area contributed by atoms with E-state index in [2.05, 4.69) is 31.9 Å². The number of rotatable bonds is 6. The molecule has 0 aliphatic carbocycles. The van der Waals surface area contributed by atoms with Crippen molar-refractivity contribution in [1.29, 1.82) is 0 Å². The lowest BCUT2D eigenvalue weighted by Crippen LogP contribution is -2.35. The van der Waals surface area contributed by atoms with Gasteiger partial charge in [-0.15, -0.1) is 5.10 Å². The number of benzene rings is 1. The molecule has 1 saturated heterocycles. The lowest BCUT2D eigenvalue weighted by atomic mass is 9.93. The summed E-state index contributed by atoms with van der Waals surface area (Å²) >= 11 is 7.29. The maximum atomic E-state index is 11.7. The van der Waals surface area contributed by atoms with E-state index in [1.807, 2.05) is 18.2 Å². The zero-order valence-corrected chi connectivity index (χ0v) is 17.5. The molecule has 1 aliphatic heterocycles. The van der Waals surface area contributed by atoms with Crippen molar-refractivity contribution in [3.05, 3.63) is 46.4 Å². The Hall–Kier alpha value is -2.45. The minimum Gasteiger partial charge on any atom is -0.443 e. The molecule has 1 fully saturated rings. The molecule has 152 valence electrons. The lowest BCUT2D eigenvalue weighted by Gasteiger charge is -2.33. The van der Waals surface area contributed by atoms with Crippen molar-refractivity contribution in [2.75, 3.05) is 24.5 Å². The van der Waals surface area contributed by atoms with Crippen molar-refractivity contribution in [3.8, 4) is 0 Å². The molecule has 0 spiro atoms. The molecular weight excluding hydrogens is 410 g/mol. The van der Waals surface area contributed by atoms with Gasteiger partial charge in [-0.25, -0.2) is 9.78 Å². The molecule has 0 saturated carbocycles. The number of fused-ring (bicyclic) bond motifs is 1. The number of alkyl carbamates (subject to hydrolysis) is 1. The van der Waals surface area contributed by atoms with Gasteiger partial charge in [-0.2, -0.15) is 0 Å². The highest BCUT2D eigenvalue weighted by atomic mass is 35.5. The van der Waals surface area contributed by atoms with Crippen molar-refractivity contribution in [3.63, 3.8) is 0 Å². The van der Waals surface area contributed by atoms with E-state index < -0.39 is 6.09 Å². The van der Waals surface area contributed by atoms with E-state index in [0.717, 1.165) is 54.1 Å². The van der Waals surface area contributed by atoms with E-state index in [-0.39, 0.29) is 6.61 Å². The molecule has 0 unspecified atom stereocenters. The molecule has 0 atom stereocenters. The van der Waals surface area contributed by atoms with Gasteiger partial charge in [0.1, 0.15) is 18.1 Å². The maximum Gasteiger partial charge on any atom is 0.407 e. The van der Waals surface area contributed by atoms with Crippen LogP contribution in [0.5, 0.6) is 0 Å². The number of piperidine rings is 1. The summed E-state index contributed by atoms with van der Waals surface area (Å²) in [7, 11) is 0. The maximum absolute atomic E-state index is 11.7. The Bertz CT molecular complexity index is 961. The Morgan fingerprint density at radius 3 is 2.93 bits per heavy atom. The van der Waals surface area contributed by atoms with E-state index in [4.69, 9.17) is 21.3 Å². The quantitative estimate of drug-likeness (QED) is 0.627. The molecule has 4 rings (SSSR count). The van der Waals surface area contributed by atoms with Crippen LogP contribution >= 0.6 is 23.1 Å². The van der Waals surface area contributed by atoms with Crippen molar-refractivity contribution in [2.45, 2.75) is 25.9 Å². The molecule has 1 N–H and O–H groups in total. The Morgan fingerprint density at radius 1 is 1.28 bits per heavy atom. The van der Waals surface area contributed by atoms with Gasteiger partial charge in [0, 0.05) is 35.4 Å². The summed E-state index contributed by atoms with van der Waals surface area (Å²) in [6.07, 6.45) is 2.71. The number of carbonyl (C=O) groups excluding carboxylic acids is 1.